The highest BCUT2D eigenvalue weighted by molar-refractivity contribution is 9.10. The Kier molecular flexibility index (Phi) is 2.42. The zero-order valence-electron chi connectivity index (χ0n) is 8.04. The summed E-state index contributed by atoms with van der Waals surface area (Å²) in [7, 11) is 1.66. The number of hydrogen-bond donors (Lipinski definition) is 0. The topological polar surface area (TPSA) is 22.1 Å². The van der Waals surface area contributed by atoms with E-state index in [0.29, 0.717) is 0 Å². The van der Waals surface area contributed by atoms with Crippen molar-refractivity contribution < 1.29 is 4.74 Å². The number of aryl methyl sites for hydroxylation is 1. The fourth-order valence-corrected chi connectivity index (χ4v) is 1.89. The minimum absolute atomic E-state index is 0.838. The molecule has 2 nitrogen and oxygen atoms in total. The van der Waals surface area contributed by atoms with Crippen molar-refractivity contribution in [3.05, 3.63) is 34.4 Å². The standard InChI is InChI=1S/C11H10BrNO/c1-7-3-8-4-11(14-2)9(12)5-10(8)13-6-7/h3-6H,1-2H3. The van der Waals surface area contributed by atoms with Crippen LogP contribution >= 0.6 is 15.9 Å². The molecule has 0 aliphatic carbocycles. The van der Waals surface area contributed by atoms with Crippen LogP contribution in [0.5, 0.6) is 5.75 Å². The second-order valence-corrected chi connectivity index (χ2v) is 4.05. The molecule has 0 fully saturated rings. The largest absolute Gasteiger partial charge is 0.496 e. The molecule has 0 atom stereocenters. The molecule has 2 aromatic rings. The molecule has 0 aliphatic heterocycles. The summed E-state index contributed by atoms with van der Waals surface area (Å²) in [5.41, 5.74) is 2.13. The van der Waals surface area contributed by atoms with Gasteiger partial charge in [-0.15, -0.1) is 0 Å². The third-order valence-corrected chi connectivity index (χ3v) is 2.71. The number of benzene rings is 1. The van der Waals surface area contributed by atoms with Crippen LogP contribution in [0.3, 0.4) is 0 Å². The summed E-state index contributed by atoms with van der Waals surface area (Å²) < 4.78 is 6.15. The van der Waals surface area contributed by atoms with Crippen molar-refractivity contribution in [3.63, 3.8) is 0 Å². The van der Waals surface area contributed by atoms with Crippen molar-refractivity contribution in [1.29, 1.82) is 0 Å². The maximum atomic E-state index is 5.22. The smallest absolute Gasteiger partial charge is 0.133 e. The molecule has 1 aromatic carbocycles. The van der Waals surface area contributed by atoms with Gasteiger partial charge in [-0.1, -0.05) is 0 Å². The number of fused-ring (bicyclic) bond motifs is 1. The van der Waals surface area contributed by atoms with E-state index in [4.69, 9.17) is 4.74 Å². The van der Waals surface area contributed by atoms with E-state index in [1.165, 1.54) is 0 Å². The van der Waals surface area contributed by atoms with E-state index in [9.17, 15) is 0 Å². The van der Waals surface area contributed by atoms with Crippen LogP contribution in [0.4, 0.5) is 0 Å². The van der Waals surface area contributed by atoms with Crippen LogP contribution in [0.25, 0.3) is 10.9 Å². The lowest BCUT2D eigenvalue weighted by molar-refractivity contribution is 0.413. The molecule has 0 bridgehead atoms. The molecule has 0 saturated heterocycles. The van der Waals surface area contributed by atoms with E-state index < -0.39 is 0 Å². The van der Waals surface area contributed by atoms with Crippen molar-refractivity contribution in [2.24, 2.45) is 0 Å². The van der Waals surface area contributed by atoms with Crippen molar-refractivity contribution in [1.82, 2.24) is 4.98 Å². The van der Waals surface area contributed by atoms with E-state index in [-0.39, 0.29) is 0 Å². The zero-order chi connectivity index (χ0) is 10.1. The molecule has 0 radical (unpaired) electrons. The molecular formula is C11H10BrNO. The van der Waals surface area contributed by atoms with Crippen molar-refractivity contribution in [3.8, 4) is 5.75 Å². The summed E-state index contributed by atoms with van der Waals surface area (Å²) in [5, 5.41) is 1.10. The van der Waals surface area contributed by atoms with E-state index in [2.05, 4.69) is 27.0 Å². The van der Waals surface area contributed by atoms with Gasteiger partial charge in [-0.3, -0.25) is 4.98 Å². The molecule has 14 heavy (non-hydrogen) atoms. The minimum Gasteiger partial charge on any atom is -0.496 e. The van der Waals surface area contributed by atoms with Gasteiger partial charge < -0.3 is 4.74 Å². The number of halogens is 1. The van der Waals surface area contributed by atoms with Gasteiger partial charge in [0.15, 0.2) is 0 Å². The summed E-state index contributed by atoms with van der Waals surface area (Å²) in [5.74, 6) is 0.838. The van der Waals surface area contributed by atoms with Gasteiger partial charge in [-0.05, 0) is 46.6 Å². The first-order valence-corrected chi connectivity index (χ1v) is 5.10. The molecule has 0 unspecified atom stereocenters. The van der Waals surface area contributed by atoms with Gasteiger partial charge in [0.25, 0.3) is 0 Å². The third-order valence-electron chi connectivity index (χ3n) is 2.09. The lowest BCUT2D eigenvalue weighted by atomic mass is 10.2. The van der Waals surface area contributed by atoms with Crippen molar-refractivity contribution in [2.75, 3.05) is 7.11 Å². The van der Waals surface area contributed by atoms with Crippen LogP contribution in [0.15, 0.2) is 28.9 Å². The summed E-state index contributed by atoms with van der Waals surface area (Å²) >= 11 is 3.43. The molecule has 0 N–H and O–H groups in total. The Morgan fingerprint density at radius 3 is 2.79 bits per heavy atom. The Labute approximate surface area is 91.0 Å². The van der Waals surface area contributed by atoms with E-state index in [1.54, 1.807) is 7.11 Å². The Morgan fingerprint density at radius 2 is 2.07 bits per heavy atom. The van der Waals surface area contributed by atoms with Gasteiger partial charge in [-0.25, -0.2) is 0 Å². The predicted octanol–water partition coefficient (Wildman–Crippen LogP) is 3.31. The Hall–Kier alpha value is -1.09. The van der Waals surface area contributed by atoms with E-state index >= 15 is 0 Å². The first-order chi connectivity index (χ1) is 6.70. The summed E-state index contributed by atoms with van der Waals surface area (Å²) in [6, 6.07) is 6.05. The first kappa shape index (κ1) is 9.46. The lowest BCUT2D eigenvalue weighted by Gasteiger charge is -2.05. The molecule has 0 saturated carbocycles. The van der Waals surface area contributed by atoms with Gasteiger partial charge >= 0.3 is 0 Å². The average Bonchev–Trinajstić information content (AvgIpc) is 2.17. The number of nitrogens with zero attached hydrogens (tertiary/aromatic N) is 1. The summed E-state index contributed by atoms with van der Waals surface area (Å²) in [6.45, 7) is 2.03. The quantitative estimate of drug-likeness (QED) is 0.776. The molecule has 72 valence electrons. The number of rotatable bonds is 1. The average molecular weight is 252 g/mol. The minimum atomic E-state index is 0.838. The number of hydrogen-bond acceptors (Lipinski definition) is 2. The molecule has 2 rings (SSSR count). The zero-order valence-corrected chi connectivity index (χ0v) is 9.63. The summed E-state index contributed by atoms with van der Waals surface area (Å²) in [4.78, 5) is 4.33. The number of methoxy groups -OCH3 is 1. The molecule has 1 aromatic heterocycles. The molecule has 0 spiro atoms. The van der Waals surface area contributed by atoms with E-state index in [1.807, 2.05) is 25.3 Å². The van der Waals surface area contributed by atoms with Gasteiger partial charge in [0.05, 0.1) is 17.1 Å². The van der Waals surface area contributed by atoms with Crippen LogP contribution in [-0.4, -0.2) is 12.1 Å². The second-order valence-electron chi connectivity index (χ2n) is 3.19. The normalized spacial score (nSPS) is 10.5. The highest BCUT2D eigenvalue weighted by atomic mass is 79.9. The Bertz CT molecular complexity index is 482. The van der Waals surface area contributed by atoms with Crippen LogP contribution in [0.1, 0.15) is 5.56 Å². The Morgan fingerprint density at radius 1 is 1.29 bits per heavy atom. The van der Waals surface area contributed by atoms with Crippen LogP contribution < -0.4 is 4.74 Å². The van der Waals surface area contributed by atoms with Gasteiger partial charge in [0.2, 0.25) is 0 Å². The predicted molar refractivity (Wildman–Crippen MR) is 60.7 cm³/mol. The fraction of sp³-hybridized carbons (Fsp3) is 0.182. The molecule has 0 amide bonds. The highest BCUT2D eigenvalue weighted by Gasteiger charge is 2.03. The molecule has 0 aliphatic rings. The van der Waals surface area contributed by atoms with Crippen LogP contribution in [0, 0.1) is 6.92 Å². The van der Waals surface area contributed by atoms with Crippen molar-refractivity contribution >= 4 is 26.8 Å². The molecular weight excluding hydrogens is 242 g/mol. The maximum absolute atomic E-state index is 5.22. The first-order valence-electron chi connectivity index (χ1n) is 4.30. The maximum Gasteiger partial charge on any atom is 0.133 e. The molecule has 1 heterocycles. The molecule has 3 heteroatoms. The van der Waals surface area contributed by atoms with Crippen LogP contribution in [-0.2, 0) is 0 Å². The fourth-order valence-electron chi connectivity index (χ4n) is 1.40. The van der Waals surface area contributed by atoms with Crippen LogP contribution in [0.2, 0.25) is 0 Å². The lowest BCUT2D eigenvalue weighted by Crippen LogP contribution is -1.87. The van der Waals surface area contributed by atoms with Gasteiger partial charge in [0, 0.05) is 11.6 Å². The second kappa shape index (κ2) is 3.58. The van der Waals surface area contributed by atoms with Crippen molar-refractivity contribution in [2.45, 2.75) is 6.92 Å². The number of aromatic nitrogens is 1. The summed E-state index contributed by atoms with van der Waals surface area (Å²) in [6.07, 6.45) is 1.86. The number of ether oxygens (including phenoxy) is 1. The van der Waals surface area contributed by atoms with Gasteiger partial charge in [-0.2, -0.15) is 0 Å². The Balaban J connectivity index is 2.73. The van der Waals surface area contributed by atoms with E-state index in [0.717, 1.165) is 26.7 Å². The SMILES string of the molecule is COc1cc2cc(C)cnc2cc1Br. The number of pyridine rings is 1. The third kappa shape index (κ3) is 1.60. The monoisotopic (exact) mass is 251 g/mol. The van der Waals surface area contributed by atoms with Gasteiger partial charge in [0.1, 0.15) is 5.75 Å². The highest BCUT2D eigenvalue weighted by Crippen LogP contribution is 2.29.